The zero-order chi connectivity index (χ0) is 55.0. The van der Waals surface area contributed by atoms with Gasteiger partial charge >= 0.3 is 18.2 Å². The van der Waals surface area contributed by atoms with Crippen molar-refractivity contribution in [3.8, 4) is 22.9 Å². The number of carboxylic acids is 1. The van der Waals surface area contributed by atoms with Gasteiger partial charge in [-0.3, -0.25) is 19.3 Å². The number of hydrogen-bond donors (Lipinski definition) is 6. The number of alkyl carbamates (subject to hydrolysis) is 1. The maximum Gasteiger partial charge on any atom is 0.411 e. The number of nitrogens with zero attached hydrogens (tertiary/aromatic N) is 3. The standard InChI is InChI=1S/C53H68N8O13S2/c1-8-32-28-53(32,48(66)60-76(69,70)44-21-16-15-19-37(44)56-45(62)22-12-10-9-11-20-38(47(64)65)58-50(67)73-33-17-13-14-18-33)59-46(63)42-26-35(29-61(42)51(68)74-52(4,5)6)72-43-27-40(41-30-75-49(57-41)54-31(2)3)55-39-25-34(71-7)23-24-36(39)43/h8,15-16,19,21,23-25,27,30-33,35,38,42H,1,9-14,17-18,20,22,26,28-29H2,2-7H3,(H,54,57)(H,56,62)(H,58,67)(H,59,63)(H,60,66)(H,64,65). The van der Waals surface area contributed by atoms with Gasteiger partial charge in [-0.1, -0.05) is 37.5 Å². The van der Waals surface area contributed by atoms with Crippen molar-refractivity contribution >= 4 is 79.0 Å². The van der Waals surface area contributed by atoms with Gasteiger partial charge in [0, 0.05) is 47.7 Å². The van der Waals surface area contributed by atoms with Gasteiger partial charge in [0.2, 0.25) is 11.8 Å². The predicted molar refractivity (Wildman–Crippen MR) is 284 cm³/mol. The molecule has 3 aliphatic rings. The second kappa shape index (κ2) is 24.3. The molecule has 2 aliphatic carbocycles. The number of anilines is 2. The third-order valence-corrected chi connectivity index (χ3v) is 15.3. The Morgan fingerprint density at radius 2 is 1.71 bits per heavy atom. The third kappa shape index (κ3) is 14.5. The molecule has 5 unspecified atom stereocenters. The van der Waals surface area contributed by atoms with Crippen molar-refractivity contribution in [3.05, 3.63) is 66.6 Å². The van der Waals surface area contributed by atoms with E-state index >= 15 is 0 Å². The molecule has 5 atom stereocenters. The molecule has 2 aromatic carbocycles. The van der Waals surface area contributed by atoms with Crippen LogP contribution in [0.25, 0.3) is 22.3 Å². The summed E-state index contributed by atoms with van der Waals surface area (Å²) in [5.41, 5.74) is -1.13. The van der Waals surface area contributed by atoms with Crippen molar-refractivity contribution in [2.24, 2.45) is 5.92 Å². The molecule has 2 saturated carbocycles. The number of para-hydroxylation sites is 1. The van der Waals surface area contributed by atoms with E-state index < -0.39 is 86.0 Å². The number of benzene rings is 2. The minimum absolute atomic E-state index is 0.00175. The van der Waals surface area contributed by atoms with Crippen molar-refractivity contribution in [2.75, 3.05) is 24.3 Å². The smallest absolute Gasteiger partial charge is 0.411 e. The van der Waals surface area contributed by atoms with Crippen LogP contribution in [0.2, 0.25) is 0 Å². The topological polar surface area (TPSA) is 283 Å². The Labute approximate surface area is 446 Å². The number of likely N-dealkylation sites (tertiary alicyclic amines) is 1. The summed E-state index contributed by atoms with van der Waals surface area (Å²) >= 11 is 1.43. The maximum absolute atomic E-state index is 14.5. The Bertz CT molecular complexity index is 2920. The number of aliphatic carboxylic acids is 1. The summed E-state index contributed by atoms with van der Waals surface area (Å²) in [7, 11) is -3.13. The van der Waals surface area contributed by atoms with Gasteiger partial charge in [0.25, 0.3) is 15.9 Å². The molecule has 3 heterocycles. The van der Waals surface area contributed by atoms with Gasteiger partial charge in [-0.25, -0.2) is 37.5 Å². The molecule has 4 aromatic rings. The van der Waals surface area contributed by atoms with Crippen LogP contribution in [0.5, 0.6) is 11.5 Å². The van der Waals surface area contributed by atoms with E-state index in [0.29, 0.717) is 64.6 Å². The van der Waals surface area contributed by atoms with Crippen molar-refractivity contribution in [1.29, 1.82) is 0 Å². The second-order valence-electron chi connectivity index (χ2n) is 20.6. The Hall–Kier alpha value is -7.01. The summed E-state index contributed by atoms with van der Waals surface area (Å²) in [4.78, 5) is 90.2. The summed E-state index contributed by atoms with van der Waals surface area (Å²) in [5, 5.41) is 24.0. The van der Waals surface area contributed by atoms with Gasteiger partial charge in [0.1, 0.15) is 57.5 Å². The average molecular weight is 1090 g/mol. The lowest BCUT2D eigenvalue weighted by Crippen LogP contribution is -2.56. The minimum Gasteiger partial charge on any atom is -0.497 e. The molecule has 1 saturated heterocycles. The zero-order valence-corrected chi connectivity index (χ0v) is 45.3. The molecule has 23 heteroatoms. The van der Waals surface area contributed by atoms with E-state index in [2.05, 4.69) is 32.6 Å². The molecule has 410 valence electrons. The van der Waals surface area contributed by atoms with Gasteiger partial charge in [-0.15, -0.1) is 17.9 Å². The molecule has 5 amide bonds. The number of thiazole rings is 1. The van der Waals surface area contributed by atoms with Crippen LogP contribution in [0.1, 0.15) is 112 Å². The first-order valence-corrected chi connectivity index (χ1v) is 27.9. The molecular weight excluding hydrogens is 1020 g/mol. The molecule has 1 aliphatic heterocycles. The number of unbranched alkanes of at least 4 members (excludes halogenated alkanes) is 3. The van der Waals surface area contributed by atoms with Gasteiger partial charge in [-0.2, -0.15) is 0 Å². The summed E-state index contributed by atoms with van der Waals surface area (Å²) in [6.45, 7) is 12.8. The van der Waals surface area contributed by atoms with Crippen LogP contribution in [0, 0.1) is 5.92 Å². The molecule has 6 N–H and O–H groups in total. The normalized spacial score (nSPS) is 19.8. The van der Waals surface area contributed by atoms with E-state index in [9.17, 15) is 42.3 Å². The largest absolute Gasteiger partial charge is 0.497 e. The SMILES string of the molecule is C=CC1CC1(NC(=O)C1CC(Oc2cc(-c3csc(NC(C)C)n3)nc3cc(OC)ccc23)CN1C(=O)OC(C)(C)C)C(=O)NS(=O)(=O)c1ccccc1NC(=O)CCCCCCC(NC(=O)OC1CCCC1)C(=O)O. The van der Waals surface area contributed by atoms with Crippen molar-refractivity contribution in [3.63, 3.8) is 0 Å². The number of pyridine rings is 1. The van der Waals surface area contributed by atoms with E-state index in [1.54, 1.807) is 52.1 Å². The first-order chi connectivity index (χ1) is 36.1. The zero-order valence-electron chi connectivity index (χ0n) is 43.6. The van der Waals surface area contributed by atoms with Crippen LogP contribution in [0.4, 0.5) is 20.4 Å². The van der Waals surface area contributed by atoms with Crippen LogP contribution in [-0.2, 0) is 38.7 Å². The molecule has 0 spiro atoms. The molecular formula is C53H68N8O13S2. The van der Waals surface area contributed by atoms with E-state index in [1.807, 2.05) is 19.2 Å². The number of nitrogens with one attached hydrogen (secondary N) is 5. The number of carbonyl (C=O) groups excluding carboxylic acids is 5. The fraction of sp³-hybridized carbons (Fsp3) is 0.509. The Kier molecular flexibility index (Phi) is 18.2. The second-order valence-corrected chi connectivity index (χ2v) is 23.1. The summed E-state index contributed by atoms with van der Waals surface area (Å²) < 4.78 is 53.4. The first kappa shape index (κ1) is 56.7. The third-order valence-electron chi connectivity index (χ3n) is 13.2. The van der Waals surface area contributed by atoms with Crippen LogP contribution < -0.4 is 35.5 Å². The first-order valence-electron chi connectivity index (χ1n) is 25.6. The highest BCUT2D eigenvalue weighted by Crippen LogP contribution is 2.46. The average Bonchev–Trinajstić information content (AvgIpc) is 3.79. The summed E-state index contributed by atoms with van der Waals surface area (Å²) in [6, 6.07) is 10.5. The molecule has 3 fully saturated rings. The highest BCUT2D eigenvalue weighted by atomic mass is 32.2. The summed E-state index contributed by atoms with van der Waals surface area (Å²) in [6.07, 6.45) is 4.48. The Morgan fingerprint density at radius 3 is 2.39 bits per heavy atom. The lowest BCUT2D eigenvalue weighted by atomic mass is 10.1. The summed E-state index contributed by atoms with van der Waals surface area (Å²) in [5.74, 6) is -3.18. The van der Waals surface area contributed by atoms with Gasteiger partial charge in [-0.05, 0) is 104 Å². The van der Waals surface area contributed by atoms with E-state index in [0.717, 1.165) is 25.7 Å². The number of sulfonamides is 1. The molecule has 0 bridgehead atoms. The maximum atomic E-state index is 14.5. The number of methoxy groups -OCH3 is 1. The van der Waals surface area contributed by atoms with Gasteiger partial charge < -0.3 is 45.3 Å². The number of hydrogen-bond acceptors (Lipinski definition) is 16. The lowest BCUT2D eigenvalue weighted by molar-refractivity contribution is -0.139. The fourth-order valence-corrected chi connectivity index (χ4v) is 11.3. The number of amides is 5. The highest BCUT2D eigenvalue weighted by Gasteiger charge is 2.61. The number of rotatable bonds is 23. The number of ether oxygens (including phenoxy) is 4. The minimum atomic E-state index is -4.68. The molecule has 21 nitrogen and oxygen atoms in total. The van der Waals surface area contributed by atoms with Gasteiger partial charge in [0.05, 0.1) is 30.6 Å². The quantitative estimate of drug-likeness (QED) is 0.0304. The van der Waals surface area contributed by atoms with Crippen molar-refractivity contribution in [1.82, 2.24) is 30.2 Å². The molecule has 2 aromatic heterocycles. The van der Waals surface area contributed by atoms with E-state index in [-0.39, 0.29) is 50.1 Å². The van der Waals surface area contributed by atoms with Crippen LogP contribution in [0.3, 0.4) is 0 Å². The van der Waals surface area contributed by atoms with Crippen molar-refractivity contribution in [2.45, 2.75) is 158 Å². The molecule has 76 heavy (non-hydrogen) atoms. The highest BCUT2D eigenvalue weighted by molar-refractivity contribution is 7.90. The molecule has 0 radical (unpaired) electrons. The van der Waals surface area contributed by atoms with Crippen LogP contribution in [-0.4, -0.2) is 119 Å². The monoisotopic (exact) mass is 1090 g/mol. The number of aromatic nitrogens is 2. The van der Waals surface area contributed by atoms with Crippen LogP contribution in [0.15, 0.2) is 71.5 Å². The van der Waals surface area contributed by atoms with Gasteiger partial charge in [0.15, 0.2) is 5.13 Å². The fourth-order valence-electron chi connectivity index (χ4n) is 9.27. The molecule has 7 rings (SSSR count). The van der Waals surface area contributed by atoms with Crippen LogP contribution >= 0.6 is 11.3 Å². The van der Waals surface area contributed by atoms with E-state index in [4.69, 9.17) is 28.9 Å². The Balaban J connectivity index is 0.999. The number of carboxylic acid groups (broad SMARTS) is 1. The number of carbonyl (C=O) groups is 6. The van der Waals surface area contributed by atoms with Crippen molar-refractivity contribution < 1.29 is 61.2 Å². The predicted octanol–water partition coefficient (Wildman–Crippen LogP) is 7.91. The Morgan fingerprint density at radius 1 is 0.974 bits per heavy atom. The lowest BCUT2D eigenvalue weighted by Gasteiger charge is -2.29. The number of fused-ring (bicyclic) bond motifs is 1. The van der Waals surface area contributed by atoms with E-state index in [1.165, 1.54) is 46.6 Å².